The Hall–Kier alpha value is -2.15. The van der Waals surface area contributed by atoms with E-state index >= 15 is 0 Å². The first-order chi connectivity index (χ1) is 11.9. The van der Waals surface area contributed by atoms with Crippen LogP contribution in [0.25, 0.3) is 0 Å². The van der Waals surface area contributed by atoms with Crippen molar-refractivity contribution in [3.8, 4) is 0 Å². The predicted octanol–water partition coefficient (Wildman–Crippen LogP) is 3.56. The maximum absolute atomic E-state index is 11.9. The number of nitrogens with zero attached hydrogens (tertiary/aromatic N) is 1. The van der Waals surface area contributed by atoms with Crippen LogP contribution in [-0.2, 0) is 14.3 Å². The van der Waals surface area contributed by atoms with E-state index in [0.29, 0.717) is 18.3 Å². The van der Waals surface area contributed by atoms with E-state index in [1.807, 2.05) is 0 Å². The van der Waals surface area contributed by atoms with Crippen molar-refractivity contribution < 1.29 is 19.2 Å². The lowest BCUT2D eigenvalue weighted by Gasteiger charge is -2.20. The number of esters is 1. The number of carbonyl (C=O) groups excluding carboxylic acids is 2. The van der Waals surface area contributed by atoms with Crippen molar-refractivity contribution in [2.45, 2.75) is 32.1 Å². The van der Waals surface area contributed by atoms with Gasteiger partial charge in [0, 0.05) is 18.2 Å². The van der Waals surface area contributed by atoms with Gasteiger partial charge in [-0.25, -0.2) is 0 Å². The van der Waals surface area contributed by atoms with Gasteiger partial charge in [-0.2, -0.15) is 0 Å². The van der Waals surface area contributed by atoms with Crippen LogP contribution in [-0.4, -0.2) is 23.4 Å². The molecule has 0 aliphatic heterocycles. The Balaban J connectivity index is 1.45. The van der Waals surface area contributed by atoms with Crippen LogP contribution >= 0.6 is 11.6 Å². The molecule has 8 heteroatoms. The third-order valence-electron chi connectivity index (χ3n) is 5.10. The molecule has 3 rings (SSSR count). The van der Waals surface area contributed by atoms with Gasteiger partial charge in [0.15, 0.2) is 6.61 Å². The average Bonchev–Trinajstić information content (AvgIpc) is 3.17. The van der Waals surface area contributed by atoms with Crippen molar-refractivity contribution in [3.05, 3.63) is 33.3 Å². The van der Waals surface area contributed by atoms with E-state index < -0.39 is 17.4 Å². The first-order valence-corrected chi connectivity index (χ1v) is 8.69. The minimum atomic E-state index is -0.632. The number of carbonyl (C=O) groups is 2. The molecule has 1 aromatic carbocycles. The van der Waals surface area contributed by atoms with Gasteiger partial charge >= 0.3 is 5.97 Å². The number of hydrogen-bond donors (Lipinski definition) is 1. The number of amides is 1. The number of ether oxygens (including phenoxy) is 1. The van der Waals surface area contributed by atoms with Gasteiger partial charge in [-0.15, -0.1) is 0 Å². The lowest BCUT2D eigenvalue weighted by molar-refractivity contribution is -0.384. The minimum Gasteiger partial charge on any atom is -0.456 e. The summed E-state index contributed by atoms with van der Waals surface area (Å²) in [5, 5.41) is 13.3. The molecule has 25 heavy (non-hydrogen) atoms. The maximum atomic E-state index is 11.9. The highest BCUT2D eigenvalue weighted by Gasteiger charge is 2.40. The zero-order valence-corrected chi connectivity index (χ0v) is 14.3. The highest BCUT2D eigenvalue weighted by Crippen LogP contribution is 2.49. The number of nitro benzene ring substituents is 1. The summed E-state index contributed by atoms with van der Waals surface area (Å²) in [6, 6.07) is 3.94. The van der Waals surface area contributed by atoms with Gasteiger partial charge in [-0.3, -0.25) is 19.7 Å². The molecule has 0 heterocycles. The summed E-state index contributed by atoms with van der Waals surface area (Å²) in [5.41, 5.74) is -0.0713. The average molecular weight is 367 g/mol. The molecule has 3 atom stereocenters. The van der Waals surface area contributed by atoms with Gasteiger partial charge < -0.3 is 10.1 Å². The van der Waals surface area contributed by atoms with Crippen LogP contribution in [0, 0.1) is 27.9 Å². The molecular weight excluding hydrogens is 348 g/mol. The second kappa shape index (κ2) is 7.39. The van der Waals surface area contributed by atoms with Crippen LogP contribution in [0.15, 0.2) is 18.2 Å². The van der Waals surface area contributed by atoms with Gasteiger partial charge in [0.1, 0.15) is 5.02 Å². The van der Waals surface area contributed by atoms with Gasteiger partial charge in [0.05, 0.1) is 4.92 Å². The number of hydrogen-bond acceptors (Lipinski definition) is 5. The van der Waals surface area contributed by atoms with E-state index in [1.54, 1.807) is 0 Å². The number of nitrogens with one attached hydrogen (secondary N) is 1. The summed E-state index contributed by atoms with van der Waals surface area (Å²) in [5.74, 6) is 0.855. The summed E-state index contributed by atoms with van der Waals surface area (Å²) < 4.78 is 5.04. The van der Waals surface area contributed by atoms with Crippen molar-refractivity contribution >= 4 is 34.9 Å². The number of halogens is 1. The second-order valence-corrected chi connectivity index (χ2v) is 7.18. The molecule has 2 saturated carbocycles. The molecule has 0 unspecified atom stereocenters. The lowest BCUT2D eigenvalue weighted by Crippen LogP contribution is -2.23. The molecule has 1 amide bonds. The Morgan fingerprint density at radius 1 is 1.32 bits per heavy atom. The molecule has 0 spiro atoms. The Morgan fingerprint density at radius 3 is 2.76 bits per heavy atom. The normalized spacial score (nSPS) is 24.1. The van der Waals surface area contributed by atoms with Crippen molar-refractivity contribution in [2.75, 3.05) is 11.9 Å². The number of anilines is 1. The van der Waals surface area contributed by atoms with E-state index in [1.165, 1.54) is 31.4 Å². The first-order valence-electron chi connectivity index (χ1n) is 8.31. The molecule has 2 fully saturated rings. The summed E-state index contributed by atoms with van der Waals surface area (Å²) in [6.45, 7) is -0.407. The SMILES string of the molecule is O=C(COC(=O)C[C@@H]1C[C@H]2CC[C@@H]1C2)Nc1ccc(Cl)c([N+](=O)[O-])c1. The Kier molecular flexibility index (Phi) is 5.22. The molecule has 0 aromatic heterocycles. The van der Waals surface area contributed by atoms with Crippen LogP contribution < -0.4 is 5.32 Å². The molecule has 2 aliphatic carbocycles. The van der Waals surface area contributed by atoms with Crippen LogP contribution in [0.2, 0.25) is 5.02 Å². The predicted molar refractivity (Wildman–Crippen MR) is 91.3 cm³/mol. The topological polar surface area (TPSA) is 98.5 Å². The first kappa shape index (κ1) is 17.7. The quantitative estimate of drug-likeness (QED) is 0.471. The number of rotatable bonds is 6. The molecule has 0 saturated heterocycles. The van der Waals surface area contributed by atoms with Crippen molar-refractivity contribution in [3.63, 3.8) is 0 Å². The van der Waals surface area contributed by atoms with E-state index in [2.05, 4.69) is 5.32 Å². The fourth-order valence-corrected chi connectivity index (χ4v) is 4.16. The summed E-state index contributed by atoms with van der Waals surface area (Å²) >= 11 is 5.71. The monoisotopic (exact) mass is 366 g/mol. The lowest BCUT2D eigenvalue weighted by atomic mass is 9.86. The zero-order valence-electron chi connectivity index (χ0n) is 13.6. The van der Waals surface area contributed by atoms with E-state index in [4.69, 9.17) is 16.3 Å². The zero-order chi connectivity index (χ0) is 18.0. The van der Waals surface area contributed by atoms with E-state index in [0.717, 1.165) is 18.4 Å². The Bertz CT molecular complexity index is 708. The van der Waals surface area contributed by atoms with Gasteiger partial charge in [-0.1, -0.05) is 18.0 Å². The van der Waals surface area contributed by atoms with Gasteiger partial charge in [0.25, 0.3) is 11.6 Å². The Morgan fingerprint density at radius 2 is 2.12 bits per heavy atom. The van der Waals surface area contributed by atoms with Gasteiger partial charge in [-0.05, 0) is 49.1 Å². The molecule has 1 N–H and O–H groups in total. The van der Waals surface area contributed by atoms with Crippen molar-refractivity contribution in [1.82, 2.24) is 0 Å². The van der Waals surface area contributed by atoms with E-state index in [-0.39, 0.29) is 22.4 Å². The molecule has 2 bridgehead atoms. The highest BCUT2D eigenvalue weighted by molar-refractivity contribution is 6.32. The molecule has 0 radical (unpaired) electrons. The third kappa shape index (κ3) is 4.28. The summed E-state index contributed by atoms with van der Waals surface area (Å²) in [7, 11) is 0. The smallest absolute Gasteiger partial charge is 0.306 e. The summed E-state index contributed by atoms with van der Waals surface area (Å²) in [4.78, 5) is 34.0. The van der Waals surface area contributed by atoms with Crippen LogP contribution in [0.4, 0.5) is 11.4 Å². The van der Waals surface area contributed by atoms with Crippen molar-refractivity contribution in [2.24, 2.45) is 17.8 Å². The number of benzene rings is 1. The third-order valence-corrected chi connectivity index (χ3v) is 5.42. The standard InChI is InChI=1S/C17H19ClN2O5/c18-14-4-3-13(8-15(14)20(23)24)19-16(21)9-25-17(22)7-12-6-10-1-2-11(12)5-10/h3-4,8,10-12H,1-2,5-7,9H2,(H,19,21)/t10-,11+,12-/m0/s1. The molecule has 134 valence electrons. The fourth-order valence-electron chi connectivity index (χ4n) is 3.97. The molecule has 7 nitrogen and oxygen atoms in total. The van der Waals surface area contributed by atoms with Gasteiger partial charge in [0.2, 0.25) is 0 Å². The molecule has 2 aliphatic rings. The number of fused-ring (bicyclic) bond motifs is 2. The largest absolute Gasteiger partial charge is 0.456 e. The van der Waals surface area contributed by atoms with Crippen LogP contribution in [0.5, 0.6) is 0 Å². The second-order valence-electron chi connectivity index (χ2n) is 6.77. The highest BCUT2D eigenvalue weighted by atomic mass is 35.5. The van der Waals surface area contributed by atoms with Crippen LogP contribution in [0.3, 0.4) is 0 Å². The number of nitro groups is 1. The minimum absolute atomic E-state index is 0.0136. The van der Waals surface area contributed by atoms with Crippen LogP contribution in [0.1, 0.15) is 32.1 Å². The summed E-state index contributed by atoms with van der Waals surface area (Å²) in [6.07, 6.45) is 5.12. The van der Waals surface area contributed by atoms with Crippen molar-refractivity contribution in [1.29, 1.82) is 0 Å². The fraction of sp³-hybridized carbons (Fsp3) is 0.529. The maximum Gasteiger partial charge on any atom is 0.306 e. The molecular formula is C17H19ClN2O5. The molecule has 1 aromatic rings. The van der Waals surface area contributed by atoms with E-state index in [9.17, 15) is 19.7 Å². The Labute approximate surface area is 149 Å².